The van der Waals surface area contributed by atoms with Crippen LogP contribution in [0.1, 0.15) is 33.7 Å². The van der Waals surface area contributed by atoms with E-state index in [0.29, 0.717) is 60.5 Å². The lowest BCUT2D eigenvalue weighted by Gasteiger charge is -2.33. The molecule has 0 saturated carbocycles. The summed E-state index contributed by atoms with van der Waals surface area (Å²) in [5, 5.41) is 2.79. The number of hydrogen-bond acceptors (Lipinski definition) is 8. The molecule has 2 aromatic rings. The number of nitrogens with one attached hydrogen (secondary N) is 1. The average molecular weight is 414 g/mol. The van der Waals surface area contributed by atoms with Gasteiger partial charge in [0.1, 0.15) is 6.26 Å². The van der Waals surface area contributed by atoms with Gasteiger partial charge in [-0.15, -0.1) is 0 Å². The number of carbonyl (C=O) groups excluding carboxylic acids is 3. The number of fused-ring (bicyclic) bond motifs is 1. The molecule has 30 heavy (non-hydrogen) atoms. The van der Waals surface area contributed by atoms with Gasteiger partial charge in [0, 0.05) is 44.7 Å². The van der Waals surface area contributed by atoms with Crippen LogP contribution in [0.15, 0.2) is 22.8 Å². The summed E-state index contributed by atoms with van der Waals surface area (Å²) >= 11 is 0. The minimum absolute atomic E-state index is 0.0843. The summed E-state index contributed by atoms with van der Waals surface area (Å²) in [6.45, 7) is 5.43. The molecule has 0 bridgehead atoms. The maximum absolute atomic E-state index is 12.6. The molecule has 0 unspecified atom stereocenters. The van der Waals surface area contributed by atoms with Crippen LogP contribution >= 0.6 is 0 Å². The molecule has 3 heterocycles. The molecular weight excluding hydrogens is 392 g/mol. The van der Waals surface area contributed by atoms with Crippen LogP contribution < -0.4 is 14.8 Å². The van der Waals surface area contributed by atoms with Crippen molar-refractivity contribution >= 4 is 23.3 Å². The molecule has 4 rings (SSSR count). The first-order valence-electron chi connectivity index (χ1n) is 9.59. The Morgan fingerprint density at radius 1 is 1.10 bits per heavy atom. The van der Waals surface area contributed by atoms with Crippen molar-refractivity contribution in [2.45, 2.75) is 13.8 Å². The van der Waals surface area contributed by atoms with Crippen LogP contribution in [-0.2, 0) is 4.79 Å². The van der Waals surface area contributed by atoms with E-state index >= 15 is 0 Å². The van der Waals surface area contributed by atoms with Gasteiger partial charge < -0.3 is 24.1 Å². The van der Waals surface area contributed by atoms with E-state index in [-0.39, 0.29) is 30.9 Å². The van der Waals surface area contributed by atoms with E-state index in [2.05, 4.69) is 10.3 Å². The normalized spacial score (nSPS) is 15.9. The number of benzene rings is 1. The highest BCUT2D eigenvalue weighted by Gasteiger charge is 2.26. The lowest BCUT2D eigenvalue weighted by Crippen LogP contribution is -2.50. The quantitative estimate of drug-likeness (QED) is 0.729. The Bertz CT molecular complexity index is 993. The molecule has 2 aliphatic heterocycles. The van der Waals surface area contributed by atoms with E-state index in [0.717, 1.165) is 0 Å². The number of nitrogens with zero attached hydrogens (tertiary/aromatic N) is 3. The highest BCUT2D eigenvalue weighted by Crippen LogP contribution is 2.37. The number of carbonyl (C=O) groups is 3. The predicted octanol–water partition coefficient (Wildman–Crippen LogP) is 1.31. The number of hydrogen-bond donors (Lipinski definition) is 1. The Labute approximate surface area is 172 Å². The Balaban J connectivity index is 1.33. The van der Waals surface area contributed by atoms with Crippen molar-refractivity contribution in [3.05, 3.63) is 35.5 Å². The van der Waals surface area contributed by atoms with Crippen molar-refractivity contribution < 1.29 is 28.3 Å². The Morgan fingerprint density at radius 3 is 2.43 bits per heavy atom. The van der Waals surface area contributed by atoms with Gasteiger partial charge in [0.25, 0.3) is 5.91 Å². The smallest absolute Gasteiger partial charge is 0.275 e. The van der Waals surface area contributed by atoms with Crippen LogP contribution in [0, 0.1) is 6.92 Å². The number of Topliss-reactive ketones (excluding diaryl/α,β-unsaturated/α-hetero) is 1. The van der Waals surface area contributed by atoms with Gasteiger partial charge in [-0.3, -0.25) is 19.3 Å². The molecule has 1 fully saturated rings. The van der Waals surface area contributed by atoms with Crippen molar-refractivity contribution in [1.29, 1.82) is 0 Å². The fraction of sp³-hybridized carbons (Fsp3) is 0.400. The fourth-order valence-electron chi connectivity index (χ4n) is 3.46. The van der Waals surface area contributed by atoms with Crippen LogP contribution in [0.3, 0.4) is 0 Å². The van der Waals surface area contributed by atoms with Gasteiger partial charge in [0.15, 0.2) is 28.9 Å². The largest absolute Gasteiger partial charge is 0.454 e. The van der Waals surface area contributed by atoms with Gasteiger partial charge in [-0.2, -0.15) is 0 Å². The number of rotatable bonds is 5. The van der Waals surface area contributed by atoms with Gasteiger partial charge in [-0.1, -0.05) is 0 Å². The van der Waals surface area contributed by atoms with Crippen molar-refractivity contribution in [2.24, 2.45) is 0 Å². The topological polar surface area (TPSA) is 114 Å². The lowest BCUT2D eigenvalue weighted by molar-refractivity contribution is -0.117. The van der Waals surface area contributed by atoms with Crippen molar-refractivity contribution in [3.8, 4) is 11.5 Å². The minimum atomic E-state index is -0.247. The van der Waals surface area contributed by atoms with Crippen LogP contribution in [0.2, 0.25) is 0 Å². The number of oxazole rings is 1. The van der Waals surface area contributed by atoms with E-state index in [1.165, 1.54) is 13.2 Å². The monoisotopic (exact) mass is 414 g/mol. The minimum Gasteiger partial charge on any atom is -0.454 e. The molecule has 2 amide bonds. The average Bonchev–Trinajstić information content (AvgIpc) is 3.35. The standard InChI is InChI=1S/C20H22N4O6/c1-12(25)14-7-17-18(30-11-29-17)8-15(14)22-19(26)9-23-3-5-24(6-4-23)20(27)16-10-28-13(2)21-16/h7-8,10H,3-6,9,11H2,1-2H3,(H,22,26). The van der Waals surface area contributed by atoms with E-state index in [4.69, 9.17) is 13.9 Å². The molecule has 1 N–H and O–H groups in total. The number of ether oxygens (including phenoxy) is 2. The maximum Gasteiger partial charge on any atom is 0.275 e. The number of aromatic nitrogens is 1. The highest BCUT2D eigenvalue weighted by molar-refractivity contribution is 6.05. The fourth-order valence-corrected chi connectivity index (χ4v) is 3.46. The number of amides is 2. The molecule has 1 aromatic heterocycles. The number of anilines is 1. The van der Waals surface area contributed by atoms with Crippen molar-refractivity contribution in [1.82, 2.24) is 14.8 Å². The molecule has 2 aliphatic rings. The van der Waals surface area contributed by atoms with Gasteiger partial charge in [0.2, 0.25) is 12.7 Å². The Kier molecular flexibility index (Phi) is 5.40. The third-order valence-corrected chi connectivity index (χ3v) is 5.03. The summed E-state index contributed by atoms with van der Waals surface area (Å²) in [4.78, 5) is 44.6. The maximum atomic E-state index is 12.6. The van der Waals surface area contributed by atoms with Gasteiger partial charge in [-0.25, -0.2) is 4.98 Å². The first-order chi connectivity index (χ1) is 14.4. The summed E-state index contributed by atoms with van der Waals surface area (Å²) < 4.78 is 15.7. The molecule has 158 valence electrons. The second kappa shape index (κ2) is 8.15. The Morgan fingerprint density at radius 2 is 1.80 bits per heavy atom. The van der Waals surface area contributed by atoms with Gasteiger partial charge >= 0.3 is 0 Å². The summed E-state index contributed by atoms with van der Waals surface area (Å²) in [5.41, 5.74) is 1.05. The van der Waals surface area contributed by atoms with E-state index < -0.39 is 0 Å². The molecule has 0 atom stereocenters. The highest BCUT2D eigenvalue weighted by atomic mass is 16.7. The van der Waals surface area contributed by atoms with Crippen molar-refractivity contribution in [3.63, 3.8) is 0 Å². The molecule has 1 saturated heterocycles. The predicted molar refractivity (Wildman–Crippen MR) is 105 cm³/mol. The van der Waals surface area contributed by atoms with E-state index in [1.807, 2.05) is 4.90 Å². The van der Waals surface area contributed by atoms with Crippen LogP contribution in [0.5, 0.6) is 11.5 Å². The van der Waals surface area contributed by atoms with Crippen LogP contribution in [0.4, 0.5) is 5.69 Å². The Hall–Kier alpha value is -3.40. The third-order valence-electron chi connectivity index (χ3n) is 5.03. The SMILES string of the molecule is CC(=O)c1cc2c(cc1NC(=O)CN1CCN(C(=O)c3coc(C)n3)CC1)OCO2. The number of aryl methyl sites for hydroxylation is 1. The molecule has 0 spiro atoms. The zero-order valence-electron chi connectivity index (χ0n) is 16.8. The zero-order chi connectivity index (χ0) is 21.3. The van der Waals surface area contributed by atoms with Crippen molar-refractivity contribution in [2.75, 3.05) is 44.8 Å². The first-order valence-corrected chi connectivity index (χ1v) is 9.59. The molecule has 0 aliphatic carbocycles. The second-order valence-electron chi connectivity index (χ2n) is 7.18. The number of ketones is 1. The zero-order valence-corrected chi connectivity index (χ0v) is 16.8. The molecule has 1 aromatic carbocycles. The summed E-state index contributed by atoms with van der Waals surface area (Å²) in [6.07, 6.45) is 1.36. The molecule has 10 nitrogen and oxygen atoms in total. The van der Waals surface area contributed by atoms with E-state index in [1.54, 1.807) is 24.0 Å². The summed E-state index contributed by atoms with van der Waals surface area (Å²) in [7, 11) is 0. The van der Waals surface area contributed by atoms with Gasteiger partial charge in [0.05, 0.1) is 12.2 Å². The lowest BCUT2D eigenvalue weighted by atomic mass is 10.1. The van der Waals surface area contributed by atoms with E-state index in [9.17, 15) is 14.4 Å². The van der Waals surface area contributed by atoms with Crippen LogP contribution in [0.25, 0.3) is 0 Å². The molecular formula is C20H22N4O6. The van der Waals surface area contributed by atoms with Gasteiger partial charge in [-0.05, 0) is 13.0 Å². The third kappa shape index (κ3) is 4.13. The summed E-state index contributed by atoms with van der Waals surface area (Å²) in [5.74, 6) is 0.818. The second-order valence-corrected chi connectivity index (χ2v) is 7.18. The molecule has 0 radical (unpaired) electrons. The molecule has 10 heteroatoms. The number of piperazine rings is 1. The first kappa shape index (κ1) is 19.9. The van der Waals surface area contributed by atoms with Crippen LogP contribution in [-0.4, -0.2) is 71.9 Å². The summed E-state index contributed by atoms with van der Waals surface area (Å²) in [6, 6.07) is 3.18.